The fourth-order valence-electron chi connectivity index (χ4n) is 2.93. The van der Waals surface area contributed by atoms with Crippen LogP contribution in [0, 0.1) is 0 Å². The van der Waals surface area contributed by atoms with Gasteiger partial charge in [-0.3, -0.25) is 4.79 Å². The highest BCUT2D eigenvalue weighted by molar-refractivity contribution is 5.85. The zero-order chi connectivity index (χ0) is 13.1. The molecule has 1 aromatic rings. The Balaban J connectivity index is 0.00000147. The molecule has 2 aliphatic rings. The number of carbonyl (C=O) groups excluding carboxylic acids is 1. The van der Waals surface area contributed by atoms with Crippen LogP contribution in [0.2, 0.25) is 0 Å². The SMILES string of the molecule is Cl.O=C(CC1COCCN1)NC1CCc2ccccc21. The minimum absolute atomic E-state index is 0. The van der Waals surface area contributed by atoms with Crippen molar-refractivity contribution in [2.24, 2.45) is 0 Å². The summed E-state index contributed by atoms with van der Waals surface area (Å²) in [6.07, 6.45) is 2.57. The molecule has 0 bridgehead atoms. The molecule has 1 heterocycles. The van der Waals surface area contributed by atoms with Gasteiger partial charge < -0.3 is 15.4 Å². The minimum Gasteiger partial charge on any atom is -0.378 e. The van der Waals surface area contributed by atoms with Gasteiger partial charge in [-0.2, -0.15) is 0 Å². The molecule has 2 unspecified atom stereocenters. The number of ether oxygens (including phenoxy) is 1. The van der Waals surface area contributed by atoms with Gasteiger partial charge in [0.05, 0.1) is 19.3 Å². The average molecular weight is 297 g/mol. The predicted octanol–water partition coefficient (Wildman–Crippen LogP) is 1.59. The third-order valence-electron chi connectivity index (χ3n) is 3.90. The van der Waals surface area contributed by atoms with Crippen molar-refractivity contribution in [1.29, 1.82) is 0 Å². The maximum Gasteiger partial charge on any atom is 0.222 e. The van der Waals surface area contributed by atoms with E-state index in [1.807, 2.05) is 6.07 Å². The maximum absolute atomic E-state index is 12.1. The van der Waals surface area contributed by atoms with Crippen molar-refractivity contribution in [1.82, 2.24) is 10.6 Å². The van der Waals surface area contributed by atoms with Crippen molar-refractivity contribution in [2.45, 2.75) is 31.3 Å². The lowest BCUT2D eigenvalue weighted by Crippen LogP contribution is -2.44. The molecule has 1 amide bonds. The van der Waals surface area contributed by atoms with E-state index in [9.17, 15) is 4.79 Å². The lowest BCUT2D eigenvalue weighted by Gasteiger charge is -2.24. The monoisotopic (exact) mass is 296 g/mol. The summed E-state index contributed by atoms with van der Waals surface area (Å²) < 4.78 is 5.37. The summed E-state index contributed by atoms with van der Waals surface area (Å²) in [5.74, 6) is 0.115. The highest BCUT2D eigenvalue weighted by Gasteiger charge is 2.24. The van der Waals surface area contributed by atoms with Gasteiger partial charge in [0.25, 0.3) is 0 Å². The number of morpholine rings is 1. The molecule has 0 radical (unpaired) electrons. The molecule has 1 aliphatic heterocycles. The molecule has 5 heteroatoms. The Morgan fingerprint density at radius 3 is 3.05 bits per heavy atom. The molecule has 3 rings (SSSR count). The van der Waals surface area contributed by atoms with Crippen LogP contribution in [0.1, 0.15) is 30.0 Å². The fourth-order valence-corrected chi connectivity index (χ4v) is 2.93. The van der Waals surface area contributed by atoms with Gasteiger partial charge in [-0.1, -0.05) is 24.3 Å². The minimum atomic E-state index is 0. The molecular formula is C15H21ClN2O2. The van der Waals surface area contributed by atoms with E-state index in [0.29, 0.717) is 13.0 Å². The summed E-state index contributed by atoms with van der Waals surface area (Å²) in [6.45, 7) is 2.22. The average Bonchev–Trinajstić information content (AvgIpc) is 2.83. The number of halogens is 1. The Labute approximate surface area is 125 Å². The molecular weight excluding hydrogens is 276 g/mol. The number of fused-ring (bicyclic) bond motifs is 1. The fraction of sp³-hybridized carbons (Fsp3) is 0.533. The summed E-state index contributed by atoms with van der Waals surface area (Å²) >= 11 is 0. The lowest BCUT2D eigenvalue weighted by atomic mass is 10.1. The normalized spacial score (nSPS) is 24.6. The van der Waals surface area contributed by atoms with Crippen LogP contribution in [0.5, 0.6) is 0 Å². The molecule has 0 spiro atoms. The molecule has 0 saturated carbocycles. The van der Waals surface area contributed by atoms with Gasteiger partial charge in [0.1, 0.15) is 0 Å². The summed E-state index contributed by atoms with van der Waals surface area (Å²) in [5, 5.41) is 6.46. The maximum atomic E-state index is 12.1. The van der Waals surface area contributed by atoms with E-state index in [1.54, 1.807) is 0 Å². The Kier molecular flexibility index (Phi) is 5.40. The predicted molar refractivity (Wildman–Crippen MR) is 80.1 cm³/mol. The molecule has 1 fully saturated rings. The molecule has 1 aromatic carbocycles. The molecule has 2 N–H and O–H groups in total. The summed E-state index contributed by atoms with van der Waals surface area (Å²) in [6, 6.07) is 8.72. The highest BCUT2D eigenvalue weighted by atomic mass is 35.5. The number of hydrogen-bond acceptors (Lipinski definition) is 3. The molecule has 4 nitrogen and oxygen atoms in total. The Hall–Kier alpha value is -1.10. The first-order valence-electron chi connectivity index (χ1n) is 7.01. The van der Waals surface area contributed by atoms with E-state index in [2.05, 4.69) is 28.8 Å². The van der Waals surface area contributed by atoms with E-state index in [-0.39, 0.29) is 30.4 Å². The van der Waals surface area contributed by atoms with E-state index in [4.69, 9.17) is 4.74 Å². The highest BCUT2D eigenvalue weighted by Crippen LogP contribution is 2.30. The molecule has 2 atom stereocenters. The quantitative estimate of drug-likeness (QED) is 0.891. The number of nitrogens with one attached hydrogen (secondary N) is 2. The van der Waals surface area contributed by atoms with E-state index in [0.717, 1.165) is 26.0 Å². The van der Waals surface area contributed by atoms with Gasteiger partial charge in [0.15, 0.2) is 0 Å². The second-order valence-corrected chi connectivity index (χ2v) is 5.29. The van der Waals surface area contributed by atoms with Crippen molar-refractivity contribution in [2.75, 3.05) is 19.8 Å². The standard InChI is InChI=1S/C15H20N2O2.ClH/c18-15(9-12-10-19-8-7-16-12)17-14-6-5-11-3-1-2-4-13(11)14;/h1-4,12,14,16H,5-10H2,(H,17,18);1H. The second kappa shape index (κ2) is 7.07. The number of carbonyl (C=O) groups is 1. The number of benzene rings is 1. The third kappa shape index (κ3) is 3.51. The first kappa shape index (κ1) is 15.3. The zero-order valence-corrected chi connectivity index (χ0v) is 12.2. The zero-order valence-electron chi connectivity index (χ0n) is 11.4. The second-order valence-electron chi connectivity index (χ2n) is 5.29. The summed E-state index contributed by atoms with van der Waals surface area (Å²) in [7, 11) is 0. The number of amides is 1. The molecule has 20 heavy (non-hydrogen) atoms. The molecule has 1 aliphatic carbocycles. The number of aryl methyl sites for hydroxylation is 1. The van der Waals surface area contributed by atoms with Crippen LogP contribution in [-0.2, 0) is 16.0 Å². The van der Waals surface area contributed by atoms with Crippen LogP contribution in [0.15, 0.2) is 24.3 Å². The van der Waals surface area contributed by atoms with Gasteiger partial charge in [-0.05, 0) is 24.0 Å². The van der Waals surface area contributed by atoms with Crippen LogP contribution in [-0.4, -0.2) is 31.7 Å². The summed E-state index contributed by atoms with van der Waals surface area (Å²) in [5.41, 5.74) is 2.65. The van der Waals surface area contributed by atoms with Crippen LogP contribution in [0.4, 0.5) is 0 Å². The van der Waals surface area contributed by atoms with Crippen molar-refractivity contribution >= 4 is 18.3 Å². The Morgan fingerprint density at radius 1 is 1.40 bits per heavy atom. The third-order valence-corrected chi connectivity index (χ3v) is 3.90. The van der Waals surface area contributed by atoms with Crippen molar-refractivity contribution < 1.29 is 9.53 Å². The van der Waals surface area contributed by atoms with Gasteiger partial charge in [-0.25, -0.2) is 0 Å². The molecule has 110 valence electrons. The van der Waals surface area contributed by atoms with E-state index < -0.39 is 0 Å². The van der Waals surface area contributed by atoms with Crippen LogP contribution < -0.4 is 10.6 Å². The van der Waals surface area contributed by atoms with Crippen molar-refractivity contribution in [3.05, 3.63) is 35.4 Å². The number of hydrogen-bond donors (Lipinski definition) is 2. The first-order chi connectivity index (χ1) is 9.33. The molecule has 1 saturated heterocycles. The number of rotatable bonds is 3. The van der Waals surface area contributed by atoms with Crippen molar-refractivity contribution in [3.63, 3.8) is 0 Å². The van der Waals surface area contributed by atoms with Gasteiger partial charge in [0.2, 0.25) is 5.91 Å². The van der Waals surface area contributed by atoms with Gasteiger partial charge in [0, 0.05) is 19.0 Å². The van der Waals surface area contributed by atoms with Crippen molar-refractivity contribution in [3.8, 4) is 0 Å². The molecule has 0 aromatic heterocycles. The van der Waals surface area contributed by atoms with Gasteiger partial charge in [-0.15, -0.1) is 12.4 Å². The van der Waals surface area contributed by atoms with Crippen LogP contribution in [0.3, 0.4) is 0 Å². The summed E-state index contributed by atoms with van der Waals surface area (Å²) in [4.78, 5) is 12.1. The largest absolute Gasteiger partial charge is 0.378 e. The topological polar surface area (TPSA) is 50.4 Å². The lowest BCUT2D eigenvalue weighted by molar-refractivity contribution is -0.123. The Bertz CT molecular complexity index is 461. The van der Waals surface area contributed by atoms with Crippen LogP contribution in [0.25, 0.3) is 0 Å². The van der Waals surface area contributed by atoms with E-state index >= 15 is 0 Å². The Morgan fingerprint density at radius 2 is 2.25 bits per heavy atom. The van der Waals surface area contributed by atoms with Gasteiger partial charge >= 0.3 is 0 Å². The van der Waals surface area contributed by atoms with Crippen LogP contribution >= 0.6 is 12.4 Å². The van der Waals surface area contributed by atoms with E-state index in [1.165, 1.54) is 11.1 Å². The first-order valence-corrected chi connectivity index (χ1v) is 7.01. The smallest absolute Gasteiger partial charge is 0.222 e.